The normalized spacial score (nSPS) is 36.8. The predicted octanol–water partition coefficient (Wildman–Crippen LogP) is 3.98. The molecule has 1 N–H and O–H groups in total. The third-order valence-corrected chi connectivity index (χ3v) is 5.15. The van der Waals surface area contributed by atoms with E-state index in [-0.39, 0.29) is 0 Å². The Hall–Kier alpha value is -0.0400. The van der Waals surface area contributed by atoms with Crippen molar-refractivity contribution in [2.24, 2.45) is 17.8 Å². The lowest BCUT2D eigenvalue weighted by atomic mass is 9.73. The van der Waals surface area contributed by atoms with Crippen LogP contribution < -0.4 is 5.32 Å². The maximum Gasteiger partial charge on any atom is 0.00926 e. The minimum Gasteiger partial charge on any atom is -0.317 e. The van der Waals surface area contributed by atoms with Crippen LogP contribution in [0.15, 0.2) is 0 Å². The highest BCUT2D eigenvalue weighted by atomic mass is 14.9. The molecule has 0 aromatic heterocycles. The average Bonchev–Trinajstić information content (AvgIpc) is 2.82. The fourth-order valence-corrected chi connectivity index (χ4v) is 4.05. The SMILES string of the molecule is CCC1CCC(NC)C(CC2CCCC2)C1. The van der Waals surface area contributed by atoms with E-state index >= 15 is 0 Å². The van der Waals surface area contributed by atoms with Gasteiger partial charge in [-0.15, -0.1) is 0 Å². The monoisotopic (exact) mass is 223 g/mol. The van der Waals surface area contributed by atoms with E-state index in [2.05, 4.69) is 19.3 Å². The molecule has 0 aliphatic heterocycles. The zero-order chi connectivity index (χ0) is 11.4. The molecule has 0 radical (unpaired) electrons. The number of hydrogen-bond acceptors (Lipinski definition) is 1. The van der Waals surface area contributed by atoms with Gasteiger partial charge in [-0.2, -0.15) is 0 Å². The Bertz CT molecular complexity index is 196. The van der Waals surface area contributed by atoms with Crippen molar-refractivity contribution in [3.8, 4) is 0 Å². The first-order valence-corrected chi connectivity index (χ1v) is 7.50. The third-order valence-electron chi connectivity index (χ3n) is 5.15. The van der Waals surface area contributed by atoms with Crippen LogP contribution in [-0.4, -0.2) is 13.1 Å². The molecule has 94 valence electrons. The van der Waals surface area contributed by atoms with E-state index in [1.807, 2.05) is 0 Å². The Labute approximate surface area is 101 Å². The van der Waals surface area contributed by atoms with E-state index in [0.29, 0.717) is 0 Å². The minimum atomic E-state index is 0.823. The third kappa shape index (κ3) is 3.00. The maximum absolute atomic E-state index is 3.57. The Kier molecular flexibility index (Phi) is 4.69. The van der Waals surface area contributed by atoms with E-state index < -0.39 is 0 Å². The van der Waals surface area contributed by atoms with Crippen molar-refractivity contribution in [1.29, 1.82) is 0 Å². The molecule has 0 heterocycles. The molecule has 2 rings (SSSR count). The zero-order valence-electron chi connectivity index (χ0n) is 11.2. The molecule has 1 nitrogen and oxygen atoms in total. The number of hydrogen-bond donors (Lipinski definition) is 1. The lowest BCUT2D eigenvalue weighted by Crippen LogP contribution is -2.39. The van der Waals surface area contributed by atoms with Gasteiger partial charge < -0.3 is 5.32 Å². The topological polar surface area (TPSA) is 12.0 Å². The summed E-state index contributed by atoms with van der Waals surface area (Å²) in [6.07, 6.45) is 13.3. The van der Waals surface area contributed by atoms with Crippen molar-refractivity contribution in [2.45, 2.75) is 70.8 Å². The summed E-state index contributed by atoms with van der Waals surface area (Å²) in [5.41, 5.74) is 0. The van der Waals surface area contributed by atoms with Gasteiger partial charge in [-0.1, -0.05) is 39.0 Å². The Morgan fingerprint density at radius 1 is 1.00 bits per heavy atom. The van der Waals surface area contributed by atoms with Crippen LogP contribution in [0.25, 0.3) is 0 Å². The standard InChI is InChI=1S/C15H29N/c1-3-12-8-9-15(16-2)14(10-12)11-13-6-4-5-7-13/h12-16H,3-11H2,1-2H3. The second-order valence-electron chi connectivity index (χ2n) is 6.13. The summed E-state index contributed by atoms with van der Waals surface area (Å²) in [5.74, 6) is 3.07. The van der Waals surface area contributed by atoms with Gasteiger partial charge in [0, 0.05) is 6.04 Å². The number of rotatable bonds is 4. The first-order chi connectivity index (χ1) is 7.83. The molecule has 0 bridgehead atoms. The highest BCUT2D eigenvalue weighted by Gasteiger charge is 2.31. The molecule has 0 amide bonds. The van der Waals surface area contributed by atoms with Crippen molar-refractivity contribution in [3.63, 3.8) is 0 Å². The average molecular weight is 223 g/mol. The Morgan fingerprint density at radius 3 is 2.38 bits per heavy atom. The molecule has 0 aromatic carbocycles. The molecule has 2 fully saturated rings. The van der Waals surface area contributed by atoms with Gasteiger partial charge >= 0.3 is 0 Å². The minimum absolute atomic E-state index is 0.823. The summed E-state index contributed by atoms with van der Waals surface area (Å²) < 4.78 is 0. The number of nitrogens with one attached hydrogen (secondary N) is 1. The van der Waals surface area contributed by atoms with Gasteiger partial charge in [0.15, 0.2) is 0 Å². The van der Waals surface area contributed by atoms with Crippen molar-refractivity contribution in [2.75, 3.05) is 7.05 Å². The molecule has 3 unspecified atom stereocenters. The van der Waals surface area contributed by atoms with Crippen molar-refractivity contribution in [3.05, 3.63) is 0 Å². The summed E-state index contributed by atoms with van der Waals surface area (Å²) in [6, 6.07) is 0.823. The van der Waals surface area contributed by atoms with Crippen LogP contribution in [0.3, 0.4) is 0 Å². The van der Waals surface area contributed by atoms with E-state index in [4.69, 9.17) is 0 Å². The molecule has 0 aromatic rings. The van der Waals surface area contributed by atoms with Crippen molar-refractivity contribution < 1.29 is 0 Å². The fourth-order valence-electron chi connectivity index (χ4n) is 4.05. The van der Waals surface area contributed by atoms with Crippen molar-refractivity contribution >= 4 is 0 Å². The molecular weight excluding hydrogens is 194 g/mol. The largest absolute Gasteiger partial charge is 0.317 e. The Balaban J connectivity index is 1.86. The van der Waals surface area contributed by atoms with Crippen molar-refractivity contribution in [1.82, 2.24) is 5.32 Å². The highest BCUT2D eigenvalue weighted by Crippen LogP contribution is 2.38. The first kappa shape index (κ1) is 12.4. The molecule has 2 aliphatic rings. The van der Waals surface area contributed by atoms with Crippen LogP contribution in [0.1, 0.15) is 64.7 Å². The smallest absolute Gasteiger partial charge is 0.00926 e. The van der Waals surface area contributed by atoms with E-state index in [9.17, 15) is 0 Å². The van der Waals surface area contributed by atoms with Gasteiger partial charge in [0.25, 0.3) is 0 Å². The second-order valence-corrected chi connectivity index (χ2v) is 6.13. The quantitative estimate of drug-likeness (QED) is 0.760. The van der Waals surface area contributed by atoms with Crippen LogP contribution in [-0.2, 0) is 0 Å². The summed E-state index contributed by atoms with van der Waals surface area (Å²) >= 11 is 0. The van der Waals surface area contributed by atoms with Crippen LogP contribution in [0, 0.1) is 17.8 Å². The molecule has 0 spiro atoms. The second kappa shape index (κ2) is 6.05. The van der Waals surface area contributed by atoms with E-state index in [0.717, 1.165) is 23.8 Å². The van der Waals surface area contributed by atoms with Crippen LogP contribution in [0.4, 0.5) is 0 Å². The molecule has 2 saturated carbocycles. The molecule has 3 atom stereocenters. The maximum atomic E-state index is 3.57. The molecule has 1 heteroatoms. The predicted molar refractivity (Wildman–Crippen MR) is 70.5 cm³/mol. The Morgan fingerprint density at radius 2 is 1.75 bits per heavy atom. The van der Waals surface area contributed by atoms with Gasteiger partial charge in [0.05, 0.1) is 0 Å². The van der Waals surface area contributed by atoms with Crippen LogP contribution in [0.5, 0.6) is 0 Å². The van der Waals surface area contributed by atoms with Gasteiger partial charge in [-0.05, 0) is 50.5 Å². The summed E-state index contributed by atoms with van der Waals surface area (Å²) in [5, 5.41) is 3.57. The van der Waals surface area contributed by atoms with Crippen LogP contribution >= 0.6 is 0 Å². The van der Waals surface area contributed by atoms with E-state index in [1.54, 1.807) is 0 Å². The highest BCUT2D eigenvalue weighted by molar-refractivity contribution is 4.86. The molecule has 2 aliphatic carbocycles. The van der Waals surface area contributed by atoms with Gasteiger partial charge in [0.1, 0.15) is 0 Å². The van der Waals surface area contributed by atoms with Crippen LogP contribution in [0.2, 0.25) is 0 Å². The van der Waals surface area contributed by atoms with Gasteiger partial charge in [0.2, 0.25) is 0 Å². The summed E-state index contributed by atoms with van der Waals surface area (Å²) in [6.45, 7) is 2.37. The molecular formula is C15H29N. The molecule has 0 saturated heterocycles. The fraction of sp³-hybridized carbons (Fsp3) is 1.00. The lowest BCUT2D eigenvalue weighted by molar-refractivity contribution is 0.176. The van der Waals surface area contributed by atoms with E-state index in [1.165, 1.54) is 57.8 Å². The van der Waals surface area contributed by atoms with Gasteiger partial charge in [-0.25, -0.2) is 0 Å². The molecule has 16 heavy (non-hydrogen) atoms. The summed E-state index contributed by atoms with van der Waals surface area (Å²) in [7, 11) is 2.17. The van der Waals surface area contributed by atoms with Gasteiger partial charge in [-0.3, -0.25) is 0 Å². The first-order valence-electron chi connectivity index (χ1n) is 7.50. The zero-order valence-corrected chi connectivity index (χ0v) is 11.2. The lowest BCUT2D eigenvalue weighted by Gasteiger charge is -2.37. The summed E-state index contributed by atoms with van der Waals surface area (Å²) in [4.78, 5) is 0.